The zero-order valence-corrected chi connectivity index (χ0v) is 10.1. The SMILES string of the molecule is C=CC[C@@H](N)c1c(Br)ccc(C(=O)O)c1O. The van der Waals surface area contributed by atoms with E-state index in [2.05, 4.69) is 22.5 Å². The third kappa shape index (κ3) is 2.43. The van der Waals surface area contributed by atoms with E-state index < -0.39 is 12.0 Å². The van der Waals surface area contributed by atoms with Gasteiger partial charge in [0.2, 0.25) is 0 Å². The van der Waals surface area contributed by atoms with Crippen LogP contribution in [0.2, 0.25) is 0 Å². The van der Waals surface area contributed by atoms with E-state index in [1.807, 2.05) is 0 Å². The van der Waals surface area contributed by atoms with Crippen molar-refractivity contribution in [1.29, 1.82) is 0 Å². The highest BCUT2D eigenvalue weighted by atomic mass is 79.9. The molecule has 0 bridgehead atoms. The van der Waals surface area contributed by atoms with Gasteiger partial charge in [-0.1, -0.05) is 22.0 Å². The Balaban J connectivity index is 3.31. The van der Waals surface area contributed by atoms with Crippen LogP contribution in [0.15, 0.2) is 29.3 Å². The van der Waals surface area contributed by atoms with Crippen molar-refractivity contribution in [3.05, 3.63) is 40.4 Å². The Kier molecular flexibility index (Phi) is 4.09. The molecule has 0 spiro atoms. The van der Waals surface area contributed by atoms with Crippen LogP contribution in [0.3, 0.4) is 0 Å². The molecule has 1 aromatic carbocycles. The minimum Gasteiger partial charge on any atom is -0.507 e. The summed E-state index contributed by atoms with van der Waals surface area (Å²) in [6, 6.07) is 2.40. The Morgan fingerprint density at radius 1 is 1.62 bits per heavy atom. The number of phenols is 1. The van der Waals surface area contributed by atoms with Crippen LogP contribution in [-0.2, 0) is 0 Å². The standard InChI is InChI=1S/C11H12BrNO3/c1-2-3-8(13)9-7(12)5-4-6(10(9)14)11(15)16/h2,4-5,8,14H,1,3,13H2,(H,15,16)/t8-/m1/s1. The quantitative estimate of drug-likeness (QED) is 0.742. The van der Waals surface area contributed by atoms with E-state index in [1.165, 1.54) is 6.07 Å². The fourth-order valence-electron chi connectivity index (χ4n) is 1.41. The molecule has 1 aromatic rings. The number of nitrogens with two attached hydrogens (primary N) is 1. The molecule has 0 radical (unpaired) electrons. The summed E-state index contributed by atoms with van der Waals surface area (Å²) in [5.41, 5.74) is 6.06. The van der Waals surface area contributed by atoms with E-state index in [4.69, 9.17) is 10.8 Å². The molecule has 5 heteroatoms. The molecule has 0 aromatic heterocycles. The van der Waals surface area contributed by atoms with Crippen molar-refractivity contribution < 1.29 is 15.0 Å². The van der Waals surface area contributed by atoms with Gasteiger partial charge >= 0.3 is 5.97 Å². The van der Waals surface area contributed by atoms with Gasteiger partial charge in [-0.25, -0.2) is 4.79 Å². The lowest BCUT2D eigenvalue weighted by Gasteiger charge is -2.15. The van der Waals surface area contributed by atoms with Crippen LogP contribution in [0.4, 0.5) is 0 Å². The minimum absolute atomic E-state index is 0.155. The van der Waals surface area contributed by atoms with Crippen LogP contribution in [0.1, 0.15) is 28.4 Å². The molecular weight excluding hydrogens is 274 g/mol. The van der Waals surface area contributed by atoms with Crippen molar-refractivity contribution in [1.82, 2.24) is 0 Å². The highest BCUT2D eigenvalue weighted by molar-refractivity contribution is 9.10. The van der Waals surface area contributed by atoms with Crippen LogP contribution < -0.4 is 5.73 Å². The van der Waals surface area contributed by atoms with E-state index in [0.717, 1.165) is 0 Å². The number of hydrogen-bond donors (Lipinski definition) is 3. The molecule has 0 heterocycles. The average Bonchev–Trinajstić information content (AvgIpc) is 2.17. The van der Waals surface area contributed by atoms with E-state index in [0.29, 0.717) is 16.5 Å². The largest absolute Gasteiger partial charge is 0.507 e. The molecule has 4 nitrogen and oxygen atoms in total. The summed E-state index contributed by atoms with van der Waals surface area (Å²) in [4.78, 5) is 10.8. The van der Waals surface area contributed by atoms with Crippen molar-refractivity contribution in [3.8, 4) is 5.75 Å². The summed E-state index contributed by atoms with van der Waals surface area (Å²) in [7, 11) is 0. The first-order chi connectivity index (χ1) is 7.49. The zero-order chi connectivity index (χ0) is 12.3. The number of aromatic carboxylic acids is 1. The van der Waals surface area contributed by atoms with Crippen LogP contribution in [0, 0.1) is 0 Å². The summed E-state index contributed by atoms with van der Waals surface area (Å²) in [5, 5.41) is 18.7. The van der Waals surface area contributed by atoms with Gasteiger partial charge in [0.15, 0.2) is 0 Å². The molecule has 1 rings (SSSR count). The molecule has 0 unspecified atom stereocenters. The number of rotatable bonds is 4. The van der Waals surface area contributed by atoms with Crippen LogP contribution >= 0.6 is 15.9 Å². The number of carboxylic acid groups (broad SMARTS) is 1. The van der Waals surface area contributed by atoms with E-state index in [9.17, 15) is 9.90 Å². The molecule has 0 saturated heterocycles. The summed E-state index contributed by atoms with van der Waals surface area (Å²) < 4.78 is 0.587. The normalized spacial score (nSPS) is 12.1. The Morgan fingerprint density at radius 3 is 2.75 bits per heavy atom. The zero-order valence-electron chi connectivity index (χ0n) is 8.48. The smallest absolute Gasteiger partial charge is 0.339 e. The number of benzene rings is 1. The molecule has 0 aliphatic heterocycles. The Bertz CT molecular complexity index is 431. The topological polar surface area (TPSA) is 83.6 Å². The van der Waals surface area contributed by atoms with E-state index in [-0.39, 0.29) is 11.3 Å². The van der Waals surface area contributed by atoms with Gasteiger partial charge in [0.05, 0.1) is 0 Å². The van der Waals surface area contributed by atoms with Gasteiger partial charge < -0.3 is 15.9 Å². The highest BCUT2D eigenvalue weighted by Crippen LogP contribution is 2.35. The first-order valence-electron chi connectivity index (χ1n) is 4.60. The maximum absolute atomic E-state index is 10.8. The molecule has 86 valence electrons. The van der Waals surface area contributed by atoms with Crippen molar-refractivity contribution in [2.24, 2.45) is 5.73 Å². The summed E-state index contributed by atoms with van der Waals surface area (Å²) in [6.45, 7) is 3.55. The fourth-order valence-corrected chi connectivity index (χ4v) is 2.02. The third-order valence-electron chi connectivity index (χ3n) is 2.19. The highest BCUT2D eigenvalue weighted by Gasteiger charge is 2.19. The van der Waals surface area contributed by atoms with Gasteiger partial charge in [0.1, 0.15) is 11.3 Å². The van der Waals surface area contributed by atoms with E-state index in [1.54, 1.807) is 12.1 Å². The lowest BCUT2D eigenvalue weighted by atomic mass is 10.0. The predicted molar refractivity (Wildman–Crippen MR) is 64.5 cm³/mol. The van der Waals surface area contributed by atoms with Gasteiger partial charge in [-0.3, -0.25) is 0 Å². The second-order valence-corrected chi connectivity index (χ2v) is 4.15. The summed E-state index contributed by atoms with van der Waals surface area (Å²) in [6.07, 6.45) is 2.07. The van der Waals surface area contributed by atoms with Crippen molar-refractivity contribution in [2.45, 2.75) is 12.5 Å². The molecule has 0 fully saturated rings. The van der Waals surface area contributed by atoms with Crippen molar-refractivity contribution in [2.75, 3.05) is 0 Å². The first kappa shape index (κ1) is 12.7. The summed E-state index contributed by atoms with van der Waals surface area (Å²) in [5.74, 6) is -1.48. The fraction of sp³-hybridized carbons (Fsp3) is 0.182. The van der Waals surface area contributed by atoms with Crippen molar-refractivity contribution in [3.63, 3.8) is 0 Å². The maximum atomic E-state index is 10.8. The van der Waals surface area contributed by atoms with Crippen LogP contribution in [-0.4, -0.2) is 16.2 Å². The molecular formula is C11H12BrNO3. The number of carbonyl (C=O) groups is 1. The predicted octanol–water partition coefficient (Wildman–Crippen LogP) is 2.43. The van der Waals surface area contributed by atoms with Gasteiger partial charge in [0.25, 0.3) is 0 Å². The molecule has 0 saturated carbocycles. The van der Waals surface area contributed by atoms with Gasteiger partial charge in [-0.15, -0.1) is 6.58 Å². The van der Waals surface area contributed by atoms with Crippen LogP contribution in [0.25, 0.3) is 0 Å². The second kappa shape index (κ2) is 5.14. The molecule has 0 amide bonds. The van der Waals surface area contributed by atoms with Gasteiger partial charge in [-0.2, -0.15) is 0 Å². The molecule has 1 atom stereocenters. The molecule has 4 N–H and O–H groups in total. The Morgan fingerprint density at radius 2 is 2.25 bits per heavy atom. The van der Waals surface area contributed by atoms with E-state index >= 15 is 0 Å². The molecule has 0 aliphatic carbocycles. The number of hydrogen-bond acceptors (Lipinski definition) is 3. The van der Waals surface area contributed by atoms with Gasteiger partial charge in [0, 0.05) is 16.1 Å². The number of aromatic hydroxyl groups is 1. The average molecular weight is 286 g/mol. The van der Waals surface area contributed by atoms with Gasteiger partial charge in [-0.05, 0) is 18.6 Å². The third-order valence-corrected chi connectivity index (χ3v) is 2.88. The monoisotopic (exact) mass is 285 g/mol. The first-order valence-corrected chi connectivity index (χ1v) is 5.39. The molecule has 16 heavy (non-hydrogen) atoms. The molecule has 0 aliphatic rings. The lowest BCUT2D eigenvalue weighted by molar-refractivity contribution is 0.0693. The Labute approximate surface area is 102 Å². The summed E-state index contributed by atoms with van der Waals surface area (Å²) >= 11 is 3.23. The number of halogens is 1. The lowest BCUT2D eigenvalue weighted by Crippen LogP contribution is -2.12. The number of carboxylic acids is 1. The maximum Gasteiger partial charge on any atom is 0.339 e. The van der Waals surface area contributed by atoms with Crippen molar-refractivity contribution >= 4 is 21.9 Å². The Hall–Kier alpha value is -1.33. The van der Waals surface area contributed by atoms with Crippen LogP contribution in [0.5, 0.6) is 5.75 Å². The second-order valence-electron chi connectivity index (χ2n) is 3.29. The minimum atomic E-state index is -1.18.